The number of alkyl halides is 3. The summed E-state index contributed by atoms with van der Waals surface area (Å²) in [5.74, 6) is -0.426. The lowest BCUT2D eigenvalue weighted by Crippen LogP contribution is -2.13. The molecule has 0 saturated heterocycles. The van der Waals surface area contributed by atoms with Crippen molar-refractivity contribution in [3.8, 4) is 16.8 Å². The van der Waals surface area contributed by atoms with Crippen molar-refractivity contribution >= 4 is 27.8 Å². The molecule has 5 aromatic rings. The van der Waals surface area contributed by atoms with E-state index in [9.17, 15) is 18.0 Å². The summed E-state index contributed by atoms with van der Waals surface area (Å²) in [6.45, 7) is 0. The van der Waals surface area contributed by atoms with Crippen LogP contribution in [0.1, 0.15) is 5.56 Å². The number of nitrogens with zero attached hydrogens (tertiary/aromatic N) is 3. The Kier molecular flexibility index (Phi) is 4.07. The maximum atomic E-state index is 13.2. The van der Waals surface area contributed by atoms with Crippen LogP contribution in [0.25, 0.3) is 38.8 Å². The van der Waals surface area contributed by atoms with Crippen molar-refractivity contribution < 1.29 is 17.6 Å². The van der Waals surface area contributed by atoms with Gasteiger partial charge in [0.1, 0.15) is 11.3 Å². The van der Waals surface area contributed by atoms with Crippen LogP contribution in [0.2, 0.25) is 0 Å². The van der Waals surface area contributed by atoms with E-state index in [0.29, 0.717) is 22.2 Å². The first-order chi connectivity index (χ1) is 14.8. The summed E-state index contributed by atoms with van der Waals surface area (Å²) in [4.78, 5) is 21.0. The minimum Gasteiger partial charge on any atom is -0.406 e. The number of rotatable bonds is 2. The molecule has 0 unspecified atom stereocenters. The third-order valence-electron chi connectivity index (χ3n) is 4.96. The summed E-state index contributed by atoms with van der Waals surface area (Å²) < 4.78 is 46.0. The van der Waals surface area contributed by atoms with Crippen LogP contribution in [0.15, 0.2) is 76.2 Å². The zero-order valence-electron chi connectivity index (χ0n) is 15.7. The second kappa shape index (κ2) is 6.69. The average molecular weight is 422 g/mol. The van der Waals surface area contributed by atoms with Crippen LogP contribution in [0, 0.1) is 0 Å². The van der Waals surface area contributed by atoms with Crippen LogP contribution >= 0.6 is 0 Å². The largest absolute Gasteiger partial charge is 0.424 e. The topological polar surface area (TPSA) is 86.9 Å². The number of nitrogen functional groups attached to an aromatic ring is 1. The number of anilines is 1. The van der Waals surface area contributed by atoms with E-state index in [4.69, 9.17) is 10.2 Å². The van der Waals surface area contributed by atoms with Crippen molar-refractivity contribution in [3.63, 3.8) is 0 Å². The lowest BCUT2D eigenvalue weighted by molar-refractivity contribution is -0.137. The SMILES string of the molecule is Nc1ccc(-c2ccc3ncc4oc(=O)n(-c5cccc(C(F)(F)F)c5)c4c3c2)cn1. The van der Waals surface area contributed by atoms with E-state index in [1.54, 1.807) is 30.5 Å². The van der Waals surface area contributed by atoms with Gasteiger partial charge in [0.2, 0.25) is 0 Å². The summed E-state index contributed by atoms with van der Waals surface area (Å²) in [5.41, 5.74) is 7.45. The van der Waals surface area contributed by atoms with E-state index in [1.807, 2.05) is 6.07 Å². The monoisotopic (exact) mass is 422 g/mol. The fourth-order valence-electron chi connectivity index (χ4n) is 3.51. The number of halogens is 3. The Morgan fingerprint density at radius 2 is 1.74 bits per heavy atom. The molecule has 0 bridgehead atoms. The third-order valence-corrected chi connectivity index (χ3v) is 4.96. The molecule has 0 amide bonds. The predicted octanol–water partition coefficient (Wildman–Crippen LogP) is 4.79. The van der Waals surface area contributed by atoms with Gasteiger partial charge in [0.25, 0.3) is 0 Å². The minimum absolute atomic E-state index is 0.0469. The minimum atomic E-state index is -4.54. The van der Waals surface area contributed by atoms with Gasteiger partial charge in [-0.05, 0) is 48.0 Å². The highest BCUT2D eigenvalue weighted by Gasteiger charge is 2.31. The summed E-state index contributed by atoms with van der Waals surface area (Å²) >= 11 is 0. The number of pyridine rings is 2. The van der Waals surface area contributed by atoms with Gasteiger partial charge in [-0.3, -0.25) is 4.98 Å². The van der Waals surface area contributed by atoms with Gasteiger partial charge in [-0.25, -0.2) is 14.3 Å². The molecule has 3 heterocycles. The van der Waals surface area contributed by atoms with Crippen LogP contribution in [0.4, 0.5) is 19.0 Å². The highest BCUT2D eigenvalue weighted by molar-refractivity contribution is 6.03. The Balaban J connectivity index is 1.80. The molecule has 0 saturated carbocycles. The Bertz CT molecular complexity index is 1500. The van der Waals surface area contributed by atoms with Gasteiger partial charge < -0.3 is 10.2 Å². The first kappa shape index (κ1) is 18.9. The molecule has 6 nitrogen and oxygen atoms in total. The van der Waals surface area contributed by atoms with Crippen molar-refractivity contribution in [1.29, 1.82) is 0 Å². The van der Waals surface area contributed by atoms with E-state index in [0.717, 1.165) is 27.8 Å². The molecule has 9 heteroatoms. The Labute approximate surface area is 172 Å². The van der Waals surface area contributed by atoms with Crippen LogP contribution in [0.3, 0.4) is 0 Å². The fourth-order valence-corrected chi connectivity index (χ4v) is 3.51. The smallest absolute Gasteiger partial charge is 0.406 e. The lowest BCUT2D eigenvalue weighted by atomic mass is 10.0. The standard InChI is InChI=1S/C22H13F3N4O2/c23-22(24,25)14-2-1-3-15(9-14)29-20-16-8-12(13-5-7-19(26)28-10-13)4-6-17(16)27-11-18(20)31-21(29)30/h1-11H,(H2,26,28). The second-order valence-electron chi connectivity index (χ2n) is 6.93. The van der Waals surface area contributed by atoms with E-state index in [-0.39, 0.29) is 11.3 Å². The number of aromatic nitrogens is 3. The molecular formula is C22H13F3N4O2. The Morgan fingerprint density at radius 1 is 0.935 bits per heavy atom. The number of fused-ring (bicyclic) bond motifs is 3. The number of benzene rings is 2. The predicted molar refractivity (Wildman–Crippen MR) is 110 cm³/mol. The highest BCUT2D eigenvalue weighted by atomic mass is 19.4. The zero-order chi connectivity index (χ0) is 21.8. The van der Waals surface area contributed by atoms with Crippen molar-refractivity contribution in [3.05, 3.63) is 83.1 Å². The Hall–Kier alpha value is -4.14. The number of oxazole rings is 1. The van der Waals surface area contributed by atoms with Crippen molar-refractivity contribution in [2.45, 2.75) is 6.18 Å². The number of nitrogens with two attached hydrogens (primary N) is 1. The molecular weight excluding hydrogens is 409 g/mol. The molecule has 0 atom stereocenters. The van der Waals surface area contributed by atoms with E-state index in [1.165, 1.54) is 18.3 Å². The molecule has 2 N–H and O–H groups in total. The van der Waals surface area contributed by atoms with E-state index < -0.39 is 17.5 Å². The molecule has 5 rings (SSSR count). The van der Waals surface area contributed by atoms with Crippen molar-refractivity contribution in [2.24, 2.45) is 0 Å². The van der Waals surface area contributed by atoms with Gasteiger partial charge in [0, 0.05) is 17.1 Å². The molecule has 154 valence electrons. The van der Waals surface area contributed by atoms with Crippen LogP contribution in [0.5, 0.6) is 0 Å². The average Bonchev–Trinajstić information content (AvgIpc) is 3.10. The maximum Gasteiger partial charge on any atom is 0.424 e. The van der Waals surface area contributed by atoms with Crippen LogP contribution < -0.4 is 11.5 Å². The highest BCUT2D eigenvalue weighted by Crippen LogP contribution is 2.33. The molecule has 2 aromatic carbocycles. The summed E-state index contributed by atoms with van der Waals surface area (Å²) in [6.07, 6.45) is -1.55. The summed E-state index contributed by atoms with van der Waals surface area (Å²) in [5, 5.41) is 0.551. The molecule has 0 aliphatic heterocycles. The molecule has 0 aliphatic rings. The zero-order valence-corrected chi connectivity index (χ0v) is 15.7. The normalized spacial score (nSPS) is 12.0. The fraction of sp³-hybridized carbons (Fsp3) is 0.0455. The molecule has 0 fully saturated rings. The lowest BCUT2D eigenvalue weighted by Gasteiger charge is -2.10. The van der Waals surface area contributed by atoms with Crippen molar-refractivity contribution in [2.75, 3.05) is 5.73 Å². The van der Waals surface area contributed by atoms with Crippen molar-refractivity contribution in [1.82, 2.24) is 14.5 Å². The van der Waals surface area contributed by atoms with Gasteiger partial charge in [-0.15, -0.1) is 0 Å². The second-order valence-corrected chi connectivity index (χ2v) is 6.93. The van der Waals surface area contributed by atoms with E-state index in [2.05, 4.69) is 9.97 Å². The summed E-state index contributed by atoms with van der Waals surface area (Å²) in [6, 6.07) is 13.4. The van der Waals surface area contributed by atoms with Gasteiger partial charge in [-0.1, -0.05) is 12.1 Å². The molecule has 0 spiro atoms. The van der Waals surface area contributed by atoms with Gasteiger partial charge in [-0.2, -0.15) is 13.2 Å². The van der Waals surface area contributed by atoms with E-state index >= 15 is 0 Å². The van der Waals surface area contributed by atoms with Gasteiger partial charge >= 0.3 is 11.9 Å². The first-order valence-corrected chi connectivity index (χ1v) is 9.15. The van der Waals surface area contributed by atoms with Gasteiger partial charge in [0.15, 0.2) is 5.58 Å². The quantitative estimate of drug-likeness (QED) is 0.442. The molecule has 0 aliphatic carbocycles. The Morgan fingerprint density at radius 3 is 2.48 bits per heavy atom. The molecule has 31 heavy (non-hydrogen) atoms. The molecule has 3 aromatic heterocycles. The van der Waals surface area contributed by atoms with Crippen LogP contribution in [-0.4, -0.2) is 14.5 Å². The maximum absolute atomic E-state index is 13.2. The van der Waals surface area contributed by atoms with Gasteiger partial charge in [0.05, 0.1) is 23.0 Å². The van der Waals surface area contributed by atoms with Crippen LogP contribution in [-0.2, 0) is 6.18 Å². The third kappa shape index (κ3) is 3.20. The summed E-state index contributed by atoms with van der Waals surface area (Å²) in [7, 11) is 0. The number of hydrogen-bond acceptors (Lipinski definition) is 5. The molecule has 0 radical (unpaired) electrons. The first-order valence-electron chi connectivity index (χ1n) is 9.15. The number of hydrogen-bond donors (Lipinski definition) is 1.